The first-order valence-corrected chi connectivity index (χ1v) is 7.65. The van der Waals surface area contributed by atoms with Crippen LogP contribution in [0.5, 0.6) is 0 Å². The van der Waals surface area contributed by atoms with Gasteiger partial charge in [0.15, 0.2) is 0 Å². The average molecular weight is 255 g/mol. The number of hydrogen-bond acceptors (Lipinski definition) is 2. The van der Waals surface area contributed by atoms with Gasteiger partial charge in [0, 0.05) is 0 Å². The molecule has 1 rings (SSSR count). The third-order valence-corrected chi connectivity index (χ3v) is 4.04. The minimum atomic E-state index is 0.360. The second kappa shape index (κ2) is 6.91. The molecule has 0 bridgehead atoms. The van der Waals surface area contributed by atoms with Crippen LogP contribution < -0.4 is 5.32 Å². The summed E-state index contributed by atoms with van der Waals surface area (Å²) in [5.74, 6) is 1.43. The molecule has 0 aliphatic carbocycles. The Hall–Kier alpha value is -0.0800. The first-order chi connectivity index (χ1) is 8.29. The van der Waals surface area contributed by atoms with E-state index in [0.717, 1.165) is 19.0 Å². The summed E-state index contributed by atoms with van der Waals surface area (Å²) in [7, 11) is 0. The summed E-state index contributed by atoms with van der Waals surface area (Å²) in [5, 5.41) is 3.62. The van der Waals surface area contributed by atoms with E-state index in [1.54, 1.807) is 0 Å². The van der Waals surface area contributed by atoms with Gasteiger partial charge >= 0.3 is 0 Å². The van der Waals surface area contributed by atoms with E-state index in [4.69, 9.17) is 4.74 Å². The van der Waals surface area contributed by atoms with Gasteiger partial charge in [-0.2, -0.15) is 0 Å². The van der Waals surface area contributed by atoms with Crippen LogP contribution in [-0.2, 0) is 4.74 Å². The first kappa shape index (κ1) is 16.0. The topological polar surface area (TPSA) is 21.3 Å². The maximum absolute atomic E-state index is 5.99. The molecule has 0 aromatic heterocycles. The van der Waals surface area contributed by atoms with Gasteiger partial charge < -0.3 is 10.1 Å². The second-order valence-electron chi connectivity index (χ2n) is 7.50. The summed E-state index contributed by atoms with van der Waals surface area (Å²) in [6, 6.07) is 0. The molecule has 0 saturated carbocycles. The Morgan fingerprint density at radius 2 is 1.83 bits per heavy atom. The van der Waals surface area contributed by atoms with Crippen LogP contribution in [0.2, 0.25) is 0 Å². The highest BCUT2D eigenvalue weighted by Crippen LogP contribution is 2.33. The van der Waals surface area contributed by atoms with E-state index in [2.05, 4.69) is 46.9 Å². The Balaban J connectivity index is 2.41. The molecule has 0 amide bonds. The summed E-state index contributed by atoms with van der Waals surface area (Å²) in [4.78, 5) is 0. The molecule has 18 heavy (non-hydrogen) atoms. The smallest absolute Gasteiger partial charge is 0.0583 e. The lowest BCUT2D eigenvalue weighted by atomic mass is 9.77. The fraction of sp³-hybridized carbons (Fsp3) is 1.00. The van der Waals surface area contributed by atoms with E-state index < -0.39 is 0 Å². The van der Waals surface area contributed by atoms with E-state index in [0.29, 0.717) is 23.5 Å². The maximum Gasteiger partial charge on any atom is 0.0583 e. The summed E-state index contributed by atoms with van der Waals surface area (Å²) >= 11 is 0. The van der Waals surface area contributed by atoms with Crippen LogP contribution in [-0.4, -0.2) is 25.3 Å². The molecule has 3 atom stereocenters. The van der Waals surface area contributed by atoms with Crippen molar-refractivity contribution in [2.75, 3.05) is 13.1 Å². The molecule has 2 nitrogen and oxygen atoms in total. The van der Waals surface area contributed by atoms with E-state index >= 15 is 0 Å². The van der Waals surface area contributed by atoms with Crippen molar-refractivity contribution in [2.45, 2.75) is 73.0 Å². The standard InChI is InChI=1S/C16H33NO/c1-12(2)10-17-11-14(16(4,5)6)9-15-8-7-13(3)18-15/h12-15,17H,7-11H2,1-6H3. The minimum Gasteiger partial charge on any atom is -0.375 e. The lowest BCUT2D eigenvalue weighted by molar-refractivity contribution is 0.0267. The molecule has 0 spiro atoms. The first-order valence-electron chi connectivity index (χ1n) is 7.65. The number of hydrogen-bond donors (Lipinski definition) is 1. The average Bonchev–Trinajstić information content (AvgIpc) is 2.60. The summed E-state index contributed by atoms with van der Waals surface area (Å²) in [5.41, 5.74) is 0.360. The largest absolute Gasteiger partial charge is 0.375 e. The highest BCUT2D eigenvalue weighted by molar-refractivity contribution is 4.82. The molecule has 1 aliphatic rings. The third kappa shape index (κ3) is 5.71. The van der Waals surface area contributed by atoms with Gasteiger partial charge in [0.05, 0.1) is 12.2 Å². The summed E-state index contributed by atoms with van der Waals surface area (Å²) in [6.07, 6.45) is 4.65. The zero-order chi connectivity index (χ0) is 13.8. The highest BCUT2D eigenvalue weighted by Gasteiger charge is 2.30. The van der Waals surface area contributed by atoms with Crippen molar-refractivity contribution in [3.63, 3.8) is 0 Å². The quantitative estimate of drug-likeness (QED) is 0.778. The SMILES string of the molecule is CC(C)CNCC(CC1CCC(C)O1)C(C)(C)C. The van der Waals surface area contributed by atoms with Gasteiger partial charge in [0.25, 0.3) is 0 Å². The lowest BCUT2D eigenvalue weighted by Crippen LogP contribution is -2.35. The van der Waals surface area contributed by atoms with Gasteiger partial charge in [0.1, 0.15) is 0 Å². The maximum atomic E-state index is 5.99. The van der Waals surface area contributed by atoms with Crippen molar-refractivity contribution in [3.05, 3.63) is 0 Å². The van der Waals surface area contributed by atoms with Crippen molar-refractivity contribution in [1.29, 1.82) is 0 Å². The van der Waals surface area contributed by atoms with E-state index in [1.165, 1.54) is 19.3 Å². The van der Waals surface area contributed by atoms with Crippen molar-refractivity contribution in [3.8, 4) is 0 Å². The Labute approximate surface area is 114 Å². The van der Waals surface area contributed by atoms with Crippen molar-refractivity contribution in [1.82, 2.24) is 5.32 Å². The molecular formula is C16H33NO. The van der Waals surface area contributed by atoms with Crippen molar-refractivity contribution in [2.24, 2.45) is 17.3 Å². The molecule has 108 valence electrons. The molecule has 1 heterocycles. The monoisotopic (exact) mass is 255 g/mol. The van der Waals surface area contributed by atoms with Gasteiger partial charge in [-0.25, -0.2) is 0 Å². The normalized spacial score (nSPS) is 26.8. The predicted molar refractivity (Wildman–Crippen MR) is 78.8 cm³/mol. The van der Waals surface area contributed by atoms with Crippen molar-refractivity contribution >= 4 is 0 Å². The molecule has 0 radical (unpaired) electrons. The van der Waals surface area contributed by atoms with Gasteiger partial charge in [-0.3, -0.25) is 0 Å². The molecule has 1 fully saturated rings. The predicted octanol–water partition coefficient (Wildman–Crippen LogP) is 3.85. The van der Waals surface area contributed by atoms with Gasteiger partial charge in [-0.15, -0.1) is 0 Å². The van der Waals surface area contributed by atoms with E-state index in [1.807, 2.05) is 0 Å². The Kier molecular flexibility index (Phi) is 6.13. The Morgan fingerprint density at radius 1 is 1.17 bits per heavy atom. The zero-order valence-electron chi connectivity index (χ0n) is 13.3. The zero-order valence-corrected chi connectivity index (χ0v) is 13.3. The second-order valence-corrected chi connectivity index (χ2v) is 7.50. The number of ether oxygens (including phenoxy) is 1. The molecule has 2 heteroatoms. The molecule has 1 aliphatic heterocycles. The lowest BCUT2D eigenvalue weighted by Gasteiger charge is -2.33. The van der Waals surface area contributed by atoms with Crippen LogP contribution in [0.25, 0.3) is 0 Å². The molecule has 0 aromatic carbocycles. The van der Waals surface area contributed by atoms with Gasteiger partial charge in [-0.1, -0.05) is 34.6 Å². The Bertz CT molecular complexity index is 232. The van der Waals surface area contributed by atoms with Crippen LogP contribution in [0.4, 0.5) is 0 Å². The minimum absolute atomic E-state index is 0.360. The molecule has 3 unspecified atom stereocenters. The molecule has 1 N–H and O–H groups in total. The van der Waals surface area contributed by atoms with Crippen LogP contribution in [0.3, 0.4) is 0 Å². The van der Waals surface area contributed by atoms with E-state index in [-0.39, 0.29) is 0 Å². The number of nitrogens with one attached hydrogen (secondary N) is 1. The molecule has 1 saturated heterocycles. The summed E-state index contributed by atoms with van der Waals surface area (Å²) < 4.78 is 5.99. The highest BCUT2D eigenvalue weighted by atomic mass is 16.5. The van der Waals surface area contributed by atoms with E-state index in [9.17, 15) is 0 Å². The van der Waals surface area contributed by atoms with Crippen LogP contribution in [0, 0.1) is 17.3 Å². The fourth-order valence-corrected chi connectivity index (χ4v) is 2.67. The van der Waals surface area contributed by atoms with Gasteiger partial charge in [-0.05, 0) is 56.5 Å². The molecule has 0 aromatic rings. The van der Waals surface area contributed by atoms with Crippen LogP contribution >= 0.6 is 0 Å². The number of rotatable bonds is 6. The summed E-state index contributed by atoms with van der Waals surface area (Å²) in [6.45, 7) is 16.0. The fourth-order valence-electron chi connectivity index (χ4n) is 2.67. The van der Waals surface area contributed by atoms with Crippen LogP contribution in [0.1, 0.15) is 60.8 Å². The van der Waals surface area contributed by atoms with Crippen molar-refractivity contribution < 1.29 is 4.74 Å². The molecular weight excluding hydrogens is 222 g/mol. The van der Waals surface area contributed by atoms with Gasteiger partial charge in [0.2, 0.25) is 0 Å². The Morgan fingerprint density at radius 3 is 2.28 bits per heavy atom. The van der Waals surface area contributed by atoms with Crippen LogP contribution in [0.15, 0.2) is 0 Å². The third-order valence-electron chi connectivity index (χ3n) is 4.04.